The van der Waals surface area contributed by atoms with Gasteiger partial charge in [0.2, 0.25) is 0 Å². The zero-order valence-corrected chi connectivity index (χ0v) is 26.9. The molecule has 0 bridgehead atoms. The van der Waals surface area contributed by atoms with Crippen molar-refractivity contribution in [2.75, 3.05) is 4.90 Å². The Morgan fingerprint density at radius 1 is 0.510 bits per heavy atom. The Morgan fingerprint density at radius 2 is 1.20 bits per heavy atom. The molecule has 7 aromatic carbocycles. The smallest absolute Gasteiger partial charge is 0.134 e. The molecule has 0 spiro atoms. The van der Waals surface area contributed by atoms with Crippen LogP contribution in [0.15, 0.2) is 174 Å². The van der Waals surface area contributed by atoms with E-state index in [1.54, 1.807) is 0 Å². The number of hydrogen-bond acceptors (Lipinski definition) is 2. The Hall–Kier alpha value is -6.32. The minimum Gasteiger partial charge on any atom is -0.460 e. The monoisotopic (exact) mass is 628 g/mol. The third kappa shape index (κ3) is 4.43. The second-order valence-electron chi connectivity index (χ2n) is 12.8. The molecule has 49 heavy (non-hydrogen) atoms. The molecule has 9 aromatic rings. The van der Waals surface area contributed by atoms with Gasteiger partial charge in [-0.3, -0.25) is 0 Å². The summed E-state index contributed by atoms with van der Waals surface area (Å²) in [6, 6.07) is 61.3. The van der Waals surface area contributed by atoms with Crippen molar-refractivity contribution in [2.45, 2.75) is 12.8 Å². The van der Waals surface area contributed by atoms with E-state index < -0.39 is 0 Å². The van der Waals surface area contributed by atoms with Gasteiger partial charge >= 0.3 is 0 Å². The summed E-state index contributed by atoms with van der Waals surface area (Å²) < 4.78 is 8.81. The number of furan rings is 1. The maximum absolute atomic E-state index is 6.42. The van der Waals surface area contributed by atoms with Gasteiger partial charge in [-0.05, 0) is 89.3 Å². The maximum atomic E-state index is 6.42. The number of para-hydroxylation sites is 3. The summed E-state index contributed by atoms with van der Waals surface area (Å²) in [5, 5.41) is 3.63. The van der Waals surface area contributed by atoms with Crippen LogP contribution in [-0.4, -0.2) is 4.57 Å². The predicted molar refractivity (Wildman–Crippen MR) is 204 cm³/mol. The van der Waals surface area contributed by atoms with Crippen molar-refractivity contribution < 1.29 is 4.42 Å². The van der Waals surface area contributed by atoms with Crippen LogP contribution < -0.4 is 4.90 Å². The molecule has 3 nitrogen and oxygen atoms in total. The normalized spacial score (nSPS) is 12.3. The van der Waals surface area contributed by atoms with E-state index in [0.717, 1.165) is 46.9 Å². The van der Waals surface area contributed by atoms with Gasteiger partial charge in [-0.2, -0.15) is 0 Å². The lowest BCUT2D eigenvalue weighted by atomic mass is 9.88. The van der Waals surface area contributed by atoms with Crippen LogP contribution in [0.5, 0.6) is 0 Å². The Morgan fingerprint density at radius 3 is 2.08 bits per heavy atom. The highest BCUT2D eigenvalue weighted by Crippen LogP contribution is 2.47. The fourth-order valence-electron chi connectivity index (χ4n) is 7.89. The topological polar surface area (TPSA) is 21.3 Å². The molecule has 1 aliphatic carbocycles. The van der Waals surface area contributed by atoms with Gasteiger partial charge in [0.05, 0.1) is 16.7 Å². The van der Waals surface area contributed by atoms with E-state index in [2.05, 4.69) is 179 Å². The molecule has 0 radical (unpaired) electrons. The number of benzene rings is 7. The first-order valence-corrected chi connectivity index (χ1v) is 17.0. The first-order valence-electron chi connectivity index (χ1n) is 17.0. The fourth-order valence-corrected chi connectivity index (χ4v) is 7.89. The summed E-state index contributed by atoms with van der Waals surface area (Å²) in [6.45, 7) is 0. The summed E-state index contributed by atoms with van der Waals surface area (Å²) in [6.07, 6.45) is 1.88. The lowest BCUT2D eigenvalue weighted by Crippen LogP contribution is -2.12. The average molecular weight is 629 g/mol. The van der Waals surface area contributed by atoms with Gasteiger partial charge < -0.3 is 13.9 Å². The van der Waals surface area contributed by atoms with E-state index in [4.69, 9.17) is 4.42 Å². The predicted octanol–water partition coefficient (Wildman–Crippen LogP) is 12.4. The molecule has 0 fully saturated rings. The maximum Gasteiger partial charge on any atom is 0.134 e. The van der Waals surface area contributed by atoms with Crippen LogP contribution >= 0.6 is 0 Å². The first kappa shape index (κ1) is 27.8. The van der Waals surface area contributed by atoms with Gasteiger partial charge in [0, 0.05) is 45.2 Å². The van der Waals surface area contributed by atoms with Crippen LogP contribution in [0.25, 0.3) is 60.7 Å². The van der Waals surface area contributed by atoms with Crippen molar-refractivity contribution in [3.05, 3.63) is 181 Å². The van der Waals surface area contributed by atoms with E-state index in [9.17, 15) is 0 Å². The SMILES string of the molecule is c1ccc(-c2cccc(N(c3ccc4c(c3)-c3c(oc5ccccc35)CC4)c3cccc4c3c3ccccc3n4-c3ccccc3)c2)cc1. The Balaban J connectivity index is 1.26. The molecule has 0 N–H and O–H groups in total. The van der Waals surface area contributed by atoms with Crippen LogP contribution in [0, 0.1) is 0 Å². The number of rotatable bonds is 5. The summed E-state index contributed by atoms with van der Waals surface area (Å²) >= 11 is 0. The van der Waals surface area contributed by atoms with Crippen LogP contribution in [0.1, 0.15) is 11.3 Å². The number of fused-ring (bicyclic) bond motifs is 8. The molecule has 232 valence electrons. The summed E-state index contributed by atoms with van der Waals surface area (Å²) in [5.41, 5.74) is 14.1. The fraction of sp³-hybridized carbons (Fsp3) is 0.0435. The zero-order valence-electron chi connectivity index (χ0n) is 26.9. The third-order valence-electron chi connectivity index (χ3n) is 10.1. The van der Waals surface area contributed by atoms with Gasteiger partial charge in [-0.25, -0.2) is 0 Å². The molecule has 1 aliphatic rings. The molecule has 0 unspecified atom stereocenters. The second-order valence-corrected chi connectivity index (χ2v) is 12.8. The second kappa shape index (κ2) is 11.1. The highest BCUT2D eigenvalue weighted by Gasteiger charge is 2.26. The minimum absolute atomic E-state index is 0.914. The number of aromatic nitrogens is 1. The molecule has 2 aromatic heterocycles. The standard InChI is InChI=1S/C46H32N2O/c1-3-13-31(14-4-1)33-15-11-18-35(29-33)47(36-27-25-32-26-28-44-45(39(32)30-36)38-20-8-10-24-43(38)49-44)41-22-12-23-42-46(41)37-19-7-9-21-40(37)48(42)34-16-5-2-6-17-34/h1-25,27,29-30H,26,28H2. The molecule has 0 saturated heterocycles. The molecule has 0 saturated carbocycles. The molecular weight excluding hydrogens is 597 g/mol. The van der Waals surface area contributed by atoms with E-state index in [-0.39, 0.29) is 0 Å². The van der Waals surface area contributed by atoms with Crippen molar-refractivity contribution in [1.82, 2.24) is 4.57 Å². The average Bonchev–Trinajstić information content (AvgIpc) is 3.72. The first-order chi connectivity index (χ1) is 24.3. The lowest BCUT2D eigenvalue weighted by Gasteiger charge is -2.28. The molecular formula is C46H32N2O. The van der Waals surface area contributed by atoms with Gasteiger partial charge in [-0.1, -0.05) is 109 Å². The van der Waals surface area contributed by atoms with E-state index >= 15 is 0 Å². The third-order valence-corrected chi connectivity index (χ3v) is 10.1. The Kier molecular flexibility index (Phi) is 6.31. The van der Waals surface area contributed by atoms with Crippen molar-refractivity contribution in [3.8, 4) is 27.9 Å². The number of nitrogens with zero attached hydrogens (tertiary/aromatic N) is 2. The summed E-state index contributed by atoms with van der Waals surface area (Å²) in [7, 11) is 0. The van der Waals surface area contributed by atoms with E-state index in [1.807, 2.05) is 0 Å². The summed E-state index contributed by atoms with van der Waals surface area (Å²) in [5.74, 6) is 1.08. The molecule has 0 amide bonds. The van der Waals surface area contributed by atoms with Crippen LogP contribution in [0.2, 0.25) is 0 Å². The number of hydrogen-bond donors (Lipinski definition) is 0. The van der Waals surface area contributed by atoms with Gasteiger partial charge in [-0.15, -0.1) is 0 Å². The van der Waals surface area contributed by atoms with Gasteiger partial charge in [0.15, 0.2) is 0 Å². The van der Waals surface area contributed by atoms with Crippen molar-refractivity contribution >= 4 is 49.8 Å². The highest BCUT2D eigenvalue weighted by atomic mass is 16.3. The molecule has 3 heteroatoms. The minimum atomic E-state index is 0.914. The molecule has 10 rings (SSSR count). The van der Waals surface area contributed by atoms with E-state index in [1.165, 1.54) is 55.0 Å². The quantitative estimate of drug-likeness (QED) is 0.189. The van der Waals surface area contributed by atoms with Crippen molar-refractivity contribution in [1.29, 1.82) is 0 Å². The van der Waals surface area contributed by atoms with E-state index in [0.29, 0.717) is 0 Å². The van der Waals surface area contributed by atoms with Crippen LogP contribution in [0.3, 0.4) is 0 Å². The Labute approximate surface area is 284 Å². The molecule has 0 aliphatic heterocycles. The lowest BCUT2D eigenvalue weighted by molar-refractivity contribution is 0.546. The van der Waals surface area contributed by atoms with Crippen molar-refractivity contribution in [3.63, 3.8) is 0 Å². The van der Waals surface area contributed by atoms with Crippen LogP contribution in [0.4, 0.5) is 17.1 Å². The van der Waals surface area contributed by atoms with Gasteiger partial charge in [0.25, 0.3) is 0 Å². The molecule has 0 atom stereocenters. The van der Waals surface area contributed by atoms with Gasteiger partial charge in [0.1, 0.15) is 11.3 Å². The zero-order chi connectivity index (χ0) is 32.3. The Bertz CT molecular complexity index is 2660. The highest BCUT2D eigenvalue weighted by molar-refractivity contribution is 6.16. The molecule has 2 heterocycles. The number of aryl methyl sites for hydroxylation is 2. The van der Waals surface area contributed by atoms with Crippen LogP contribution in [-0.2, 0) is 12.8 Å². The largest absolute Gasteiger partial charge is 0.460 e. The summed E-state index contributed by atoms with van der Waals surface area (Å²) in [4.78, 5) is 2.45. The number of anilines is 3. The van der Waals surface area contributed by atoms with Crippen molar-refractivity contribution in [2.24, 2.45) is 0 Å².